The largest absolute Gasteiger partial charge is 0.481 e. The molecule has 9 nitrogen and oxygen atoms in total. The van der Waals surface area contributed by atoms with Crippen LogP contribution in [0.1, 0.15) is 22.5 Å². The van der Waals surface area contributed by atoms with Crippen LogP contribution in [0, 0.1) is 0 Å². The number of amides is 2. The molecule has 1 aromatic heterocycles. The number of nitrogens with zero attached hydrogens (tertiary/aromatic N) is 2. The zero-order valence-electron chi connectivity index (χ0n) is 18.5. The van der Waals surface area contributed by atoms with Crippen molar-refractivity contribution in [2.45, 2.75) is 23.4 Å². The first-order chi connectivity index (χ1) is 16.3. The summed E-state index contributed by atoms with van der Waals surface area (Å²) >= 11 is 14.6. The summed E-state index contributed by atoms with van der Waals surface area (Å²) in [6.07, 6.45) is -0.276. The minimum Gasteiger partial charge on any atom is -0.481 e. The Hall–Kier alpha value is -1.60. The van der Waals surface area contributed by atoms with Crippen molar-refractivity contribution in [1.29, 1.82) is 0 Å². The van der Waals surface area contributed by atoms with Crippen LogP contribution in [-0.2, 0) is 20.9 Å². The topological polar surface area (TPSA) is 121 Å². The average Bonchev–Trinajstić information content (AvgIpc) is 3.28. The minimum absolute atomic E-state index is 0. The van der Waals surface area contributed by atoms with Gasteiger partial charge in [0.2, 0.25) is 5.91 Å². The molecule has 0 unspecified atom stereocenters. The molecule has 14 heteroatoms. The van der Waals surface area contributed by atoms with E-state index in [1.807, 2.05) is 12.1 Å². The molecular formula is C21H25Cl3N4O5S2. The maximum atomic E-state index is 12.3. The highest BCUT2D eigenvalue weighted by molar-refractivity contribution is 8.01. The fourth-order valence-corrected chi connectivity index (χ4v) is 5.11. The molecule has 3 rings (SSSR count). The molecule has 1 aliphatic rings. The highest BCUT2D eigenvalue weighted by Gasteiger charge is 2.21. The van der Waals surface area contributed by atoms with Gasteiger partial charge in [-0.25, -0.2) is 4.98 Å². The molecule has 2 amide bonds. The van der Waals surface area contributed by atoms with Crippen LogP contribution in [0.5, 0.6) is 0 Å². The molecule has 0 bridgehead atoms. The molecular weight excluding hydrogens is 559 g/mol. The van der Waals surface area contributed by atoms with E-state index in [4.69, 9.17) is 33.0 Å². The summed E-state index contributed by atoms with van der Waals surface area (Å²) < 4.78 is 6.36. The van der Waals surface area contributed by atoms with Gasteiger partial charge in [-0.2, -0.15) is 0 Å². The number of nitrogens with one attached hydrogen (secondary N) is 2. The Morgan fingerprint density at radius 3 is 2.80 bits per heavy atom. The summed E-state index contributed by atoms with van der Waals surface area (Å²) in [5, 5.41) is 16.6. The lowest BCUT2D eigenvalue weighted by Gasteiger charge is -2.33. The molecule has 0 radical (unpaired) electrons. The Balaban J connectivity index is 0.00000432. The first kappa shape index (κ1) is 29.6. The quantitative estimate of drug-likeness (QED) is 0.345. The highest BCUT2D eigenvalue weighted by atomic mass is 35.5. The third-order valence-corrected chi connectivity index (χ3v) is 7.57. The van der Waals surface area contributed by atoms with E-state index in [2.05, 4.69) is 20.5 Å². The van der Waals surface area contributed by atoms with Crippen molar-refractivity contribution >= 4 is 76.5 Å². The standard InChI is InChI=1S/C21H24Cl2N4O5S2.ClH/c22-15-2-1-13(7-16(15)23)9-27-5-6-32-14(10-27)8-25-18(28)12-34-21-26-17(11-33-21)20(31)24-4-3-19(29)30;/h1-2,7,11,14H,3-6,8-10,12H2,(H,24,31)(H,25,28)(H,29,30);1H/t14-;/m0./s1. The molecule has 1 aliphatic heterocycles. The predicted octanol–water partition coefficient (Wildman–Crippen LogP) is 3.19. The van der Waals surface area contributed by atoms with Crippen LogP contribution >= 0.6 is 58.7 Å². The normalized spacial score (nSPS) is 15.8. The number of hydrogen-bond acceptors (Lipinski definition) is 8. The van der Waals surface area contributed by atoms with Crippen LogP contribution in [-0.4, -0.2) is 77.4 Å². The Bertz CT molecular complexity index is 1030. The molecule has 192 valence electrons. The number of carboxylic acids is 1. The number of carbonyl (C=O) groups excluding carboxylic acids is 2. The molecule has 0 spiro atoms. The van der Waals surface area contributed by atoms with Crippen molar-refractivity contribution < 1.29 is 24.2 Å². The van der Waals surface area contributed by atoms with Crippen LogP contribution in [0.4, 0.5) is 0 Å². The fourth-order valence-electron chi connectivity index (χ4n) is 3.15. The van der Waals surface area contributed by atoms with Gasteiger partial charge in [0.05, 0.1) is 34.9 Å². The molecule has 35 heavy (non-hydrogen) atoms. The van der Waals surface area contributed by atoms with Gasteiger partial charge < -0.3 is 20.5 Å². The lowest BCUT2D eigenvalue weighted by atomic mass is 10.2. The minimum atomic E-state index is -0.987. The monoisotopic (exact) mass is 582 g/mol. The highest BCUT2D eigenvalue weighted by Crippen LogP contribution is 2.24. The maximum absolute atomic E-state index is 12.3. The number of aromatic nitrogens is 1. The molecule has 1 aromatic carbocycles. The van der Waals surface area contributed by atoms with E-state index in [-0.39, 0.29) is 48.8 Å². The second kappa shape index (κ2) is 14.8. The molecule has 2 heterocycles. The van der Waals surface area contributed by atoms with Crippen LogP contribution in [0.2, 0.25) is 10.0 Å². The number of rotatable bonds is 11. The molecule has 1 fully saturated rings. The number of halogens is 3. The first-order valence-corrected chi connectivity index (χ1v) is 13.0. The van der Waals surface area contributed by atoms with E-state index in [0.29, 0.717) is 34.1 Å². The number of carbonyl (C=O) groups is 3. The van der Waals surface area contributed by atoms with Crippen molar-refractivity contribution in [3.8, 4) is 0 Å². The van der Waals surface area contributed by atoms with Gasteiger partial charge in [0.15, 0.2) is 4.34 Å². The van der Waals surface area contributed by atoms with E-state index in [9.17, 15) is 14.4 Å². The van der Waals surface area contributed by atoms with Gasteiger partial charge in [-0.1, -0.05) is 41.0 Å². The van der Waals surface area contributed by atoms with E-state index < -0.39 is 11.9 Å². The molecule has 0 saturated carbocycles. The molecule has 0 aliphatic carbocycles. The van der Waals surface area contributed by atoms with Crippen LogP contribution in [0.3, 0.4) is 0 Å². The van der Waals surface area contributed by atoms with E-state index >= 15 is 0 Å². The third-order valence-electron chi connectivity index (χ3n) is 4.81. The van der Waals surface area contributed by atoms with Crippen LogP contribution in [0.15, 0.2) is 27.9 Å². The molecule has 1 atom stereocenters. The summed E-state index contributed by atoms with van der Waals surface area (Å²) in [4.78, 5) is 41.1. The van der Waals surface area contributed by atoms with Crippen molar-refractivity contribution in [2.75, 3.05) is 38.5 Å². The summed E-state index contributed by atoms with van der Waals surface area (Å²) in [5.41, 5.74) is 1.27. The number of thiazole rings is 1. The zero-order valence-corrected chi connectivity index (χ0v) is 22.5. The Kier molecular flexibility index (Phi) is 12.6. The van der Waals surface area contributed by atoms with Gasteiger partial charge in [-0.15, -0.1) is 23.7 Å². The van der Waals surface area contributed by atoms with Gasteiger partial charge in [0.1, 0.15) is 5.69 Å². The smallest absolute Gasteiger partial charge is 0.305 e. The Labute approximate surface area is 227 Å². The summed E-state index contributed by atoms with van der Waals surface area (Å²) in [7, 11) is 0. The van der Waals surface area contributed by atoms with Crippen molar-refractivity contribution in [3.05, 3.63) is 44.9 Å². The zero-order chi connectivity index (χ0) is 24.5. The van der Waals surface area contributed by atoms with Gasteiger partial charge in [-0.3, -0.25) is 19.3 Å². The lowest BCUT2D eigenvalue weighted by Crippen LogP contribution is -2.47. The number of aliphatic carboxylic acids is 1. The number of carboxylic acid groups (broad SMARTS) is 1. The number of thioether (sulfide) groups is 1. The second-order valence-electron chi connectivity index (χ2n) is 7.47. The summed E-state index contributed by atoms with van der Waals surface area (Å²) in [6, 6.07) is 5.59. The van der Waals surface area contributed by atoms with Crippen molar-refractivity contribution in [2.24, 2.45) is 0 Å². The SMILES string of the molecule is Cl.O=C(O)CCNC(=O)c1csc(SCC(=O)NC[C@H]2CN(Cc3ccc(Cl)c(Cl)c3)CCO2)n1. The fraction of sp³-hybridized carbons (Fsp3) is 0.429. The van der Waals surface area contributed by atoms with E-state index in [1.165, 1.54) is 23.1 Å². The van der Waals surface area contributed by atoms with Gasteiger partial charge in [0.25, 0.3) is 5.91 Å². The third kappa shape index (κ3) is 10.1. The van der Waals surface area contributed by atoms with E-state index in [1.54, 1.807) is 11.4 Å². The van der Waals surface area contributed by atoms with Crippen molar-refractivity contribution in [1.82, 2.24) is 20.5 Å². The van der Waals surface area contributed by atoms with Gasteiger partial charge in [0, 0.05) is 38.1 Å². The van der Waals surface area contributed by atoms with Crippen molar-refractivity contribution in [3.63, 3.8) is 0 Å². The van der Waals surface area contributed by atoms with E-state index in [0.717, 1.165) is 18.7 Å². The molecule has 3 N–H and O–H groups in total. The molecule has 1 saturated heterocycles. The number of benzene rings is 1. The Morgan fingerprint density at radius 2 is 2.06 bits per heavy atom. The number of ether oxygens (including phenoxy) is 1. The lowest BCUT2D eigenvalue weighted by molar-refractivity contribution is -0.136. The second-order valence-corrected chi connectivity index (χ2v) is 10.4. The first-order valence-electron chi connectivity index (χ1n) is 10.4. The van der Waals surface area contributed by atoms with Gasteiger partial charge in [-0.05, 0) is 17.7 Å². The van der Waals surface area contributed by atoms with Crippen LogP contribution < -0.4 is 10.6 Å². The van der Waals surface area contributed by atoms with Crippen LogP contribution in [0.25, 0.3) is 0 Å². The summed E-state index contributed by atoms with van der Waals surface area (Å²) in [6.45, 7) is 3.19. The summed E-state index contributed by atoms with van der Waals surface area (Å²) in [5.74, 6) is -1.42. The molecule has 2 aromatic rings. The number of morpholine rings is 1. The predicted molar refractivity (Wildman–Crippen MR) is 139 cm³/mol. The van der Waals surface area contributed by atoms with Gasteiger partial charge >= 0.3 is 5.97 Å². The number of hydrogen-bond donors (Lipinski definition) is 3. The maximum Gasteiger partial charge on any atom is 0.305 e. The Morgan fingerprint density at radius 1 is 1.26 bits per heavy atom. The average molecular weight is 584 g/mol.